The van der Waals surface area contributed by atoms with E-state index in [1.54, 1.807) is 18.2 Å². The number of fused-ring (bicyclic) bond motifs is 1. The van der Waals surface area contributed by atoms with Gasteiger partial charge in [0.1, 0.15) is 12.4 Å². The number of halogens is 2. The molecule has 41 heavy (non-hydrogen) atoms. The van der Waals surface area contributed by atoms with Gasteiger partial charge in [0.2, 0.25) is 0 Å². The zero-order valence-electron chi connectivity index (χ0n) is 22.4. The maximum Gasteiger partial charge on any atom is 0.335 e. The van der Waals surface area contributed by atoms with Crippen LogP contribution in [0.2, 0.25) is 0 Å². The summed E-state index contributed by atoms with van der Waals surface area (Å²) in [5.74, 6) is -1.99. The first-order valence-electron chi connectivity index (χ1n) is 13.7. The maximum atomic E-state index is 14.6. The molecule has 1 saturated heterocycles. The van der Waals surface area contributed by atoms with Crippen molar-refractivity contribution in [2.75, 3.05) is 13.2 Å². The summed E-state index contributed by atoms with van der Waals surface area (Å²) in [5.41, 5.74) is 5.57. The smallest absolute Gasteiger partial charge is 0.335 e. The molecule has 0 bridgehead atoms. The third-order valence-electron chi connectivity index (χ3n) is 7.69. The Morgan fingerprint density at radius 3 is 2.34 bits per heavy atom. The number of ether oxygens (including phenoxy) is 2. The van der Waals surface area contributed by atoms with Crippen molar-refractivity contribution in [2.24, 2.45) is 0 Å². The molecule has 0 atom stereocenters. The van der Waals surface area contributed by atoms with Gasteiger partial charge in [-0.1, -0.05) is 48.5 Å². The molecule has 0 radical (unpaired) electrons. The van der Waals surface area contributed by atoms with Gasteiger partial charge >= 0.3 is 5.97 Å². The lowest BCUT2D eigenvalue weighted by atomic mass is 9.90. The Labute approximate surface area is 236 Å². The van der Waals surface area contributed by atoms with Crippen LogP contribution in [0.25, 0.3) is 16.6 Å². The number of hydrogen-bond donors (Lipinski definition) is 1. The van der Waals surface area contributed by atoms with Crippen molar-refractivity contribution in [1.82, 2.24) is 4.57 Å². The van der Waals surface area contributed by atoms with Crippen LogP contribution in [0.15, 0.2) is 91.0 Å². The van der Waals surface area contributed by atoms with Gasteiger partial charge in [-0.25, -0.2) is 13.6 Å². The summed E-state index contributed by atoms with van der Waals surface area (Å²) in [5, 5.41) is 10.3. The molecule has 0 unspecified atom stereocenters. The van der Waals surface area contributed by atoms with Crippen LogP contribution in [-0.2, 0) is 17.8 Å². The Balaban J connectivity index is 1.57. The SMILES string of the molecule is O=C(O)c1ccc(Cc2c(C3CCOCC3)n(-c3ccc(F)c(F)c3)c3cccc(OCc4ccccc4)c23)cc1. The minimum absolute atomic E-state index is 0.111. The van der Waals surface area contributed by atoms with Crippen LogP contribution in [0.3, 0.4) is 0 Å². The predicted octanol–water partition coefficient (Wildman–Crippen LogP) is 7.67. The van der Waals surface area contributed by atoms with Crippen molar-refractivity contribution in [3.8, 4) is 11.4 Å². The Morgan fingerprint density at radius 2 is 1.63 bits per heavy atom. The second kappa shape index (κ2) is 11.6. The van der Waals surface area contributed by atoms with Crippen molar-refractivity contribution in [3.63, 3.8) is 0 Å². The molecule has 5 nitrogen and oxygen atoms in total. The Bertz CT molecular complexity index is 1690. The fourth-order valence-corrected chi connectivity index (χ4v) is 5.71. The van der Waals surface area contributed by atoms with Crippen molar-refractivity contribution < 1.29 is 28.2 Å². The van der Waals surface area contributed by atoms with Gasteiger partial charge in [-0.2, -0.15) is 0 Å². The van der Waals surface area contributed by atoms with Crippen LogP contribution in [0.1, 0.15) is 51.5 Å². The highest BCUT2D eigenvalue weighted by molar-refractivity contribution is 5.93. The number of carboxylic acid groups (broad SMARTS) is 1. The fraction of sp³-hybridized carbons (Fsp3) is 0.206. The highest BCUT2D eigenvalue weighted by Crippen LogP contribution is 2.43. The van der Waals surface area contributed by atoms with E-state index in [9.17, 15) is 18.7 Å². The van der Waals surface area contributed by atoms with Gasteiger partial charge in [0, 0.05) is 42.0 Å². The van der Waals surface area contributed by atoms with E-state index < -0.39 is 17.6 Å². The highest BCUT2D eigenvalue weighted by Gasteiger charge is 2.29. The molecule has 0 saturated carbocycles. The van der Waals surface area contributed by atoms with Crippen molar-refractivity contribution in [3.05, 3.63) is 131 Å². The van der Waals surface area contributed by atoms with Gasteiger partial charge in [-0.3, -0.25) is 0 Å². The number of aromatic carboxylic acids is 1. The molecule has 7 heteroatoms. The van der Waals surface area contributed by atoms with Crippen LogP contribution in [0.5, 0.6) is 5.75 Å². The molecule has 0 aliphatic carbocycles. The summed E-state index contributed by atoms with van der Waals surface area (Å²) in [6.45, 7) is 1.58. The average molecular weight is 554 g/mol. The van der Waals surface area contributed by atoms with Crippen LogP contribution in [0, 0.1) is 11.6 Å². The second-order valence-corrected chi connectivity index (χ2v) is 10.3. The van der Waals surface area contributed by atoms with E-state index in [1.165, 1.54) is 6.07 Å². The molecule has 0 amide bonds. The number of carbonyl (C=O) groups is 1. The molecule has 6 rings (SSSR count). The summed E-state index contributed by atoms with van der Waals surface area (Å²) >= 11 is 0. The number of benzene rings is 4. The van der Waals surface area contributed by atoms with Gasteiger partial charge in [0.05, 0.1) is 11.1 Å². The minimum atomic E-state index is -0.981. The molecule has 1 aliphatic heterocycles. The average Bonchev–Trinajstić information content (AvgIpc) is 3.33. The van der Waals surface area contributed by atoms with E-state index in [-0.39, 0.29) is 11.5 Å². The normalized spacial score (nSPS) is 13.9. The molecular formula is C34H29F2NO4. The predicted molar refractivity (Wildman–Crippen MR) is 153 cm³/mol. The number of aromatic nitrogens is 1. The minimum Gasteiger partial charge on any atom is -0.488 e. The van der Waals surface area contributed by atoms with Crippen LogP contribution in [-0.4, -0.2) is 28.9 Å². The molecule has 2 heterocycles. The summed E-state index contributed by atoms with van der Waals surface area (Å²) < 4.78 is 42.8. The maximum absolute atomic E-state index is 14.6. The monoisotopic (exact) mass is 553 g/mol. The number of nitrogens with zero attached hydrogens (tertiary/aromatic N) is 1. The summed E-state index contributed by atoms with van der Waals surface area (Å²) in [6.07, 6.45) is 2.07. The topological polar surface area (TPSA) is 60.7 Å². The zero-order chi connectivity index (χ0) is 28.3. The summed E-state index contributed by atoms with van der Waals surface area (Å²) in [4.78, 5) is 11.5. The Kier molecular flexibility index (Phi) is 7.53. The third kappa shape index (κ3) is 5.45. The first kappa shape index (κ1) is 26.7. The Hall–Kier alpha value is -4.49. The van der Waals surface area contributed by atoms with Gasteiger partial charge < -0.3 is 19.1 Å². The van der Waals surface area contributed by atoms with Gasteiger partial charge in [0.15, 0.2) is 11.6 Å². The van der Waals surface area contributed by atoms with Crippen LogP contribution < -0.4 is 4.74 Å². The first-order valence-corrected chi connectivity index (χ1v) is 13.7. The van der Waals surface area contributed by atoms with Crippen molar-refractivity contribution >= 4 is 16.9 Å². The lowest BCUT2D eigenvalue weighted by Crippen LogP contribution is -2.18. The molecule has 1 fully saturated rings. The van der Waals surface area contributed by atoms with Crippen LogP contribution in [0.4, 0.5) is 8.78 Å². The fourth-order valence-electron chi connectivity index (χ4n) is 5.71. The third-order valence-corrected chi connectivity index (χ3v) is 7.69. The molecule has 1 N–H and O–H groups in total. The van der Waals surface area contributed by atoms with Gasteiger partial charge in [-0.15, -0.1) is 0 Å². The first-order chi connectivity index (χ1) is 20.0. The number of hydrogen-bond acceptors (Lipinski definition) is 3. The standard InChI is InChI=1S/C34H29F2NO4/c35-28-14-13-26(20-29(28)36)37-30-7-4-8-31(41-21-23-5-2-1-3-6-23)32(30)27(33(37)24-15-17-40-18-16-24)19-22-9-11-25(12-10-22)34(38)39/h1-14,20,24H,15-19,21H2,(H,38,39). The molecule has 0 spiro atoms. The van der Waals surface area contributed by atoms with E-state index >= 15 is 0 Å². The zero-order valence-corrected chi connectivity index (χ0v) is 22.4. The molecular weight excluding hydrogens is 524 g/mol. The van der Waals surface area contributed by atoms with Crippen molar-refractivity contribution in [1.29, 1.82) is 0 Å². The molecule has 1 aliphatic rings. The number of carboxylic acids is 1. The van der Waals surface area contributed by atoms with Crippen molar-refractivity contribution in [2.45, 2.75) is 31.8 Å². The lowest BCUT2D eigenvalue weighted by Gasteiger charge is -2.26. The highest BCUT2D eigenvalue weighted by atomic mass is 19.2. The van der Waals surface area contributed by atoms with E-state index in [1.807, 2.05) is 65.2 Å². The van der Waals surface area contributed by atoms with E-state index in [0.29, 0.717) is 37.7 Å². The lowest BCUT2D eigenvalue weighted by molar-refractivity contribution is 0.0697. The quantitative estimate of drug-likeness (QED) is 0.214. The number of rotatable bonds is 8. The van der Waals surface area contributed by atoms with Crippen LogP contribution >= 0.6 is 0 Å². The van der Waals surface area contributed by atoms with Gasteiger partial charge in [-0.05, 0) is 72.4 Å². The molecule has 1 aromatic heterocycles. The molecule has 4 aromatic carbocycles. The Morgan fingerprint density at radius 1 is 0.878 bits per heavy atom. The largest absolute Gasteiger partial charge is 0.488 e. The summed E-state index contributed by atoms with van der Waals surface area (Å²) in [7, 11) is 0. The summed E-state index contributed by atoms with van der Waals surface area (Å²) in [6, 6.07) is 26.6. The van der Waals surface area contributed by atoms with E-state index in [0.717, 1.165) is 52.2 Å². The molecule has 208 valence electrons. The van der Waals surface area contributed by atoms with Gasteiger partial charge in [0.25, 0.3) is 0 Å². The van der Waals surface area contributed by atoms with E-state index in [2.05, 4.69) is 0 Å². The van der Waals surface area contributed by atoms with E-state index in [4.69, 9.17) is 9.47 Å². The molecule has 5 aromatic rings. The second-order valence-electron chi connectivity index (χ2n) is 10.3.